The minimum atomic E-state index is -0.0787. The molecule has 4 heteroatoms. The summed E-state index contributed by atoms with van der Waals surface area (Å²) in [6, 6.07) is 60.8. The highest BCUT2D eigenvalue weighted by molar-refractivity contribution is 5.92. The molecule has 4 fully saturated rings. The van der Waals surface area contributed by atoms with Crippen LogP contribution in [0.15, 0.2) is 164 Å². The van der Waals surface area contributed by atoms with Crippen molar-refractivity contribution in [1.82, 2.24) is 15.0 Å². The second-order valence-electron chi connectivity index (χ2n) is 17.9. The predicted molar refractivity (Wildman–Crippen MR) is 245 cm³/mol. The minimum Gasteiger partial charge on any atom is -0.208 e. The Hall–Kier alpha value is -6.96. The van der Waals surface area contributed by atoms with Crippen LogP contribution in [0.4, 0.5) is 0 Å². The van der Waals surface area contributed by atoms with Crippen molar-refractivity contribution in [2.24, 2.45) is 23.7 Å². The van der Waals surface area contributed by atoms with E-state index < -0.39 is 0 Å². The van der Waals surface area contributed by atoms with Gasteiger partial charge in [-0.1, -0.05) is 146 Å². The van der Waals surface area contributed by atoms with E-state index in [-0.39, 0.29) is 5.41 Å². The Morgan fingerprint density at radius 2 is 0.967 bits per heavy atom. The van der Waals surface area contributed by atoms with Crippen molar-refractivity contribution in [3.8, 4) is 84.7 Å². The zero-order chi connectivity index (χ0) is 40.7. The first-order valence-corrected chi connectivity index (χ1v) is 21.9. The maximum Gasteiger partial charge on any atom is 0.164 e. The molecule has 0 unspecified atom stereocenters. The van der Waals surface area contributed by atoms with Crippen LogP contribution in [0, 0.1) is 41.9 Å². The first-order valence-electron chi connectivity index (χ1n) is 21.9. The van der Waals surface area contributed by atoms with Crippen LogP contribution < -0.4 is 0 Å². The van der Waals surface area contributed by atoms with Gasteiger partial charge in [-0.25, -0.2) is 15.0 Å². The highest BCUT2D eigenvalue weighted by atomic mass is 15.0. The Kier molecular flexibility index (Phi) is 8.29. The zero-order valence-electron chi connectivity index (χ0n) is 34.2. The molecule has 0 N–H and O–H groups in total. The average Bonchev–Trinajstić information content (AvgIpc) is 3.61. The fraction of sp³-hybridized carbons (Fsp3) is 0.193. The molecular formula is C57H44N4. The maximum atomic E-state index is 10.3. The molecule has 1 spiro atoms. The van der Waals surface area contributed by atoms with E-state index in [4.69, 9.17) is 15.0 Å². The van der Waals surface area contributed by atoms with Gasteiger partial charge in [0.1, 0.15) is 0 Å². The van der Waals surface area contributed by atoms with Gasteiger partial charge in [-0.15, -0.1) is 0 Å². The van der Waals surface area contributed by atoms with Gasteiger partial charge < -0.3 is 0 Å². The standard InChI is InChI=1S/C57H44N4/c1-35-46(38-13-4-2-5-14-38)21-11-22-47(35)56-60-54(39-15-6-3-7-16-39)59-55(61-56)42-19-10-18-40(32-42)41-25-26-49-51-24-12-23-50(48-20-9-8-17-43(48)34-58)53(51)57(52(49)33-41)44-28-36-27-37(30-44)31-45(57)29-36/h2-26,32-33,36-37,44-45H,27-31H2,1H3. The van der Waals surface area contributed by atoms with Gasteiger partial charge in [-0.05, 0) is 142 Å². The first kappa shape index (κ1) is 35.9. The lowest BCUT2D eigenvalue weighted by molar-refractivity contribution is -0.0397. The molecule has 7 aromatic carbocycles. The lowest BCUT2D eigenvalue weighted by atomic mass is 9.42. The van der Waals surface area contributed by atoms with Crippen LogP contribution in [0.3, 0.4) is 0 Å². The fourth-order valence-corrected chi connectivity index (χ4v) is 12.5. The van der Waals surface area contributed by atoms with E-state index in [0.29, 0.717) is 29.3 Å². The second kappa shape index (κ2) is 14.1. The number of rotatable bonds is 6. The molecule has 4 saturated carbocycles. The zero-order valence-corrected chi connectivity index (χ0v) is 34.2. The molecule has 0 aliphatic heterocycles. The van der Waals surface area contributed by atoms with Crippen molar-refractivity contribution < 1.29 is 0 Å². The molecule has 5 aliphatic carbocycles. The van der Waals surface area contributed by atoms with E-state index in [1.54, 1.807) is 0 Å². The number of hydrogen-bond donors (Lipinski definition) is 0. The number of fused-ring (bicyclic) bond motifs is 3. The van der Waals surface area contributed by atoms with E-state index >= 15 is 0 Å². The molecular weight excluding hydrogens is 741 g/mol. The van der Waals surface area contributed by atoms with Crippen molar-refractivity contribution in [1.29, 1.82) is 5.26 Å². The summed E-state index contributed by atoms with van der Waals surface area (Å²) in [6.45, 7) is 2.16. The molecule has 0 amide bonds. The van der Waals surface area contributed by atoms with Crippen LogP contribution in [-0.4, -0.2) is 15.0 Å². The lowest BCUT2D eigenvalue weighted by Gasteiger charge is -2.61. The summed E-state index contributed by atoms with van der Waals surface area (Å²) in [7, 11) is 0. The quantitative estimate of drug-likeness (QED) is 0.168. The SMILES string of the molecule is Cc1c(-c2ccccc2)cccc1-c1nc(-c2ccccc2)nc(-c2cccc(-c3ccc4c(c3)C3(c5c(-c6ccccc6C#N)cccc5-4)C4CC5CC(C4)CC3C5)c2)n1. The summed E-state index contributed by atoms with van der Waals surface area (Å²) in [5.74, 6) is 4.81. The van der Waals surface area contributed by atoms with Crippen LogP contribution in [-0.2, 0) is 5.41 Å². The summed E-state index contributed by atoms with van der Waals surface area (Å²) in [6.07, 6.45) is 6.56. The monoisotopic (exact) mass is 784 g/mol. The van der Waals surface area contributed by atoms with E-state index in [2.05, 4.69) is 146 Å². The summed E-state index contributed by atoms with van der Waals surface area (Å²) < 4.78 is 0. The van der Waals surface area contributed by atoms with Crippen molar-refractivity contribution in [2.45, 2.75) is 44.4 Å². The molecule has 0 radical (unpaired) electrons. The molecule has 4 bridgehead atoms. The van der Waals surface area contributed by atoms with Crippen LogP contribution in [0.2, 0.25) is 0 Å². The number of nitriles is 1. The molecule has 8 aromatic rings. The Morgan fingerprint density at radius 3 is 1.69 bits per heavy atom. The van der Waals surface area contributed by atoms with Crippen LogP contribution >= 0.6 is 0 Å². The molecule has 0 saturated heterocycles. The molecule has 0 atom stereocenters. The number of aromatic nitrogens is 3. The third-order valence-corrected chi connectivity index (χ3v) is 14.8. The molecule has 1 heterocycles. The molecule has 13 rings (SSSR count). The smallest absolute Gasteiger partial charge is 0.164 e. The van der Waals surface area contributed by atoms with E-state index in [0.717, 1.165) is 50.8 Å². The van der Waals surface area contributed by atoms with E-state index in [9.17, 15) is 5.26 Å². The third kappa shape index (κ3) is 5.60. The normalized spacial score (nSPS) is 21.6. The molecule has 4 nitrogen and oxygen atoms in total. The number of nitrogens with zero attached hydrogens (tertiary/aromatic N) is 4. The summed E-state index contributed by atoms with van der Waals surface area (Å²) in [5.41, 5.74) is 17.4. The maximum absolute atomic E-state index is 10.3. The number of benzene rings is 7. The summed E-state index contributed by atoms with van der Waals surface area (Å²) >= 11 is 0. The van der Waals surface area contributed by atoms with Gasteiger partial charge in [-0.3, -0.25) is 0 Å². The molecule has 61 heavy (non-hydrogen) atoms. The van der Waals surface area contributed by atoms with Crippen LogP contribution in [0.5, 0.6) is 0 Å². The molecule has 5 aliphatic rings. The largest absolute Gasteiger partial charge is 0.208 e. The fourth-order valence-electron chi connectivity index (χ4n) is 12.5. The first-order chi connectivity index (χ1) is 30.1. The van der Waals surface area contributed by atoms with Crippen molar-refractivity contribution in [3.05, 3.63) is 186 Å². The van der Waals surface area contributed by atoms with Gasteiger partial charge in [0, 0.05) is 22.1 Å². The highest BCUT2D eigenvalue weighted by Crippen LogP contribution is 2.70. The second-order valence-corrected chi connectivity index (χ2v) is 17.9. The third-order valence-electron chi connectivity index (χ3n) is 14.8. The van der Waals surface area contributed by atoms with Gasteiger partial charge in [0.05, 0.1) is 11.6 Å². The van der Waals surface area contributed by atoms with Gasteiger partial charge in [0.15, 0.2) is 17.5 Å². The van der Waals surface area contributed by atoms with Gasteiger partial charge >= 0.3 is 0 Å². The topological polar surface area (TPSA) is 62.5 Å². The van der Waals surface area contributed by atoms with Gasteiger partial charge in [0.2, 0.25) is 0 Å². The van der Waals surface area contributed by atoms with Crippen molar-refractivity contribution in [2.75, 3.05) is 0 Å². The van der Waals surface area contributed by atoms with Gasteiger partial charge in [0.25, 0.3) is 0 Å². The summed E-state index contributed by atoms with van der Waals surface area (Å²) in [5, 5.41) is 10.3. The van der Waals surface area contributed by atoms with Crippen LogP contribution in [0.25, 0.3) is 78.7 Å². The lowest BCUT2D eigenvalue weighted by Crippen LogP contribution is -2.55. The average molecular weight is 785 g/mol. The summed E-state index contributed by atoms with van der Waals surface area (Å²) in [4.78, 5) is 15.5. The minimum absolute atomic E-state index is 0.0787. The Balaban J connectivity index is 1.00. The number of hydrogen-bond acceptors (Lipinski definition) is 4. The van der Waals surface area contributed by atoms with E-state index in [1.807, 2.05) is 30.3 Å². The van der Waals surface area contributed by atoms with Gasteiger partial charge in [-0.2, -0.15) is 5.26 Å². The molecule has 1 aromatic heterocycles. The predicted octanol–water partition coefficient (Wildman–Crippen LogP) is 13.8. The van der Waals surface area contributed by atoms with Crippen molar-refractivity contribution >= 4 is 0 Å². The van der Waals surface area contributed by atoms with Crippen LogP contribution in [0.1, 0.15) is 54.4 Å². The Bertz CT molecular complexity index is 3040. The van der Waals surface area contributed by atoms with E-state index in [1.165, 1.54) is 76.6 Å². The van der Waals surface area contributed by atoms with Crippen molar-refractivity contribution in [3.63, 3.8) is 0 Å². The Labute approximate surface area is 357 Å². The Morgan fingerprint density at radius 1 is 0.443 bits per heavy atom. The highest BCUT2D eigenvalue weighted by Gasteiger charge is 2.62. The molecule has 292 valence electrons.